The number of thiazole rings is 1. The first-order valence-corrected chi connectivity index (χ1v) is 17.9. The number of hydrogen-bond acceptors (Lipinski definition) is 12. The van der Waals surface area contributed by atoms with Crippen LogP contribution >= 0.6 is 30.5 Å². The molecule has 1 aromatic carbocycles. The van der Waals surface area contributed by atoms with Crippen molar-refractivity contribution in [1.29, 1.82) is 0 Å². The van der Waals surface area contributed by atoms with Gasteiger partial charge < -0.3 is 23.3 Å². The highest BCUT2D eigenvalue weighted by molar-refractivity contribution is 7.90. The molecule has 1 atom stereocenters. The standard InChI is InChI=1S/C26H31ClN3O9PS2/c1-4-20(14-35-2)38-22-10-18(11-23(12-22)39-21-6-7-24(28-13-21)42(3,33)34)25(31)30(17-27)26-29-19(16-41-26)15-40(32)36-8-5-9-37-40/h6-7,10-13,16,20H,4-5,8-9,14-15,17H2,1-3H3/t20-/m0/s1. The molecule has 4 rings (SSSR count). The zero-order chi connectivity index (χ0) is 30.3. The van der Waals surface area contributed by atoms with Crippen molar-refractivity contribution in [1.82, 2.24) is 9.97 Å². The minimum Gasteiger partial charge on any atom is -0.488 e. The summed E-state index contributed by atoms with van der Waals surface area (Å²) in [7, 11) is -5.22. The number of carbonyl (C=O) groups is 1. The molecule has 0 N–H and O–H groups in total. The van der Waals surface area contributed by atoms with Gasteiger partial charge in [-0.2, -0.15) is 0 Å². The smallest absolute Gasteiger partial charge is 0.336 e. The third kappa shape index (κ3) is 8.50. The van der Waals surface area contributed by atoms with E-state index in [4.69, 9.17) is 34.9 Å². The highest BCUT2D eigenvalue weighted by atomic mass is 35.5. The van der Waals surface area contributed by atoms with Crippen LogP contribution in [0.5, 0.6) is 17.2 Å². The fourth-order valence-electron chi connectivity index (χ4n) is 3.85. The number of amides is 1. The zero-order valence-corrected chi connectivity index (χ0v) is 26.5. The van der Waals surface area contributed by atoms with E-state index in [-0.39, 0.29) is 40.4 Å². The van der Waals surface area contributed by atoms with Gasteiger partial charge in [0.15, 0.2) is 20.0 Å². The number of carbonyl (C=O) groups excluding carboxylic acids is 1. The zero-order valence-electron chi connectivity index (χ0n) is 23.2. The Labute approximate surface area is 253 Å². The number of alkyl halides is 1. The van der Waals surface area contributed by atoms with Crippen LogP contribution in [0, 0.1) is 0 Å². The van der Waals surface area contributed by atoms with Crippen LogP contribution in [-0.4, -0.2) is 69.6 Å². The molecule has 0 aliphatic carbocycles. The number of benzene rings is 1. The molecule has 1 amide bonds. The highest BCUT2D eigenvalue weighted by Crippen LogP contribution is 2.53. The van der Waals surface area contributed by atoms with E-state index >= 15 is 0 Å². The van der Waals surface area contributed by atoms with Gasteiger partial charge in [0.1, 0.15) is 29.4 Å². The van der Waals surface area contributed by atoms with Crippen molar-refractivity contribution in [2.75, 3.05) is 44.1 Å². The fraction of sp³-hybridized carbons (Fsp3) is 0.423. The molecule has 0 spiro atoms. The minimum atomic E-state index is -3.48. The van der Waals surface area contributed by atoms with Crippen molar-refractivity contribution in [2.45, 2.75) is 37.1 Å². The van der Waals surface area contributed by atoms with E-state index in [1.807, 2.05) is 6.92 Å². The molecule has 0 bridgehead atoms. The Morgan fingerprint density at radius 3 is 2.55 bits per heavy atom. The van der Waals surface area contributed by atoms with Crippen molar-refractivity contribution >= 4 is 51.4 Å². The van der Waals surface area contributed by atoms with E-state index in [0.717, 1.165) is 6.26 Å². The molecule has 3 aromatic rings. The van der Waals surface area contributed by atoms with Gasteiger partial charge in [-0.25, -0.2) is 18.4 Å². The summed E-state index contributed by atoms with van der Waals surface area (Å²) in [6, 6.07) is 7.26. The topological polar surface area (TPSA) is 143 Å². The molecule has 1 aliphatic rings. The summed E-state index contributed by atoms with van der Waals surface area (Å²) in [4.78, 5) is 23.4. The van der Waals surface area contributed by atoms with Crippen molar-refractivity contribution in [2.24, 2.45) is 0 Å². The van der Waals surface area contributed by atoms with Gasteiger partial charge in [0.05, 0.1) is 37.9 Å². The van der Waals surface area contributed by atoms with Gasteiger partial charge in [-0.15, -0.1) is 22.9 Å². The second-order valence-corrected chi connectivity index (χ2v) is 14.4. The maximum atomic E-state index is 13.7. The average Bonchev–Trinajstić information content (AvgIpc) is 3.40. The van der Waals surface area contributed by atoms with Crippen molar-refractivity contribution in [3.63, 3.8) is 0 Å². The van der Waals surface area contributed by atoms with Crippen LogP contribution in [0.25, 0.3) is 0 Å². The van der Waals surface area contributed by atoms with E-state index in [1.165, 1.54) is 40.6 Å². The Balaban J connectivity index is 1.61. The van der Waals surface area contributed by atoms with Crippen LogP contribution in [0.2, 0.25) is 0 Å². The average molecular weight is 660 g/mol. The van der Waals surface area contributed by atoms with Crippen LogP contribution in [0.4, 0.5) is 5.13 Å². The van der Waals surface area contributed by atoms with Crippen LogP contribution in [0.3, 0.4) is 0 Å². The quantitative estimate of drug-likeness (QED) is 0.130. The van der Waals surface area contributed by atoms with Gasteiger partial charge >= 0.3 is 7.60 Å². The van der Waals surface area contributed by atoms with Gasteiger partial charge in [0, 0.05) is 30.4 Å². The van der Waals surface area contributed by atoms with E-state index in [2.05, 4.69) is 9.97 Å². The molecule has 2 aromatic heterocycles. The van der Waals surface area contributed by atoms with Gasteiger partial charge in [-0.3, -0.25) is 14.3 Å². The van der Waals surface area contributed by atoms with Crippen molar-refractivity contribution in [3.05, 3.63) is 53.2 Å². The molecule has 228 valence electrons. The number of aromatic nitrogens is 2. The molecule has 0 saturated carbocycles. The molecule has 1 fully saturated rings. The first-order valence-electron chi connectivity index (χ1n) is 12.9. The molecule has 12 nitrogen and oxygen atoms in total. The Morgan fingerprint density at radius 2 is 1.93 bits per heavy atom. The number of halogens is 1. The molecule has 42 heavy (non-hydrogen) atoms. The van der Waals surface area contributed by atoms with Crippen LogP contribution in [-0.2, 0) is 34.3 Å². The molecular weight excluding hydrogens is 629 g/mol. The molecule has 0 radical (unpaired) electrons. The first-order chi connectivity index (χ1) is 20.0. The largest absolute Gasteiger partial charge is 0.488 e. The van der Waals surface area contributed by atoms with Gasteiger partial charge in [0.25, 0.3) is 5.91 Å². The number of nitrogens with zero attached hydrogens (tertiary/aromatic N) is 3. The summed E-state index contributed by atoms with van der Waals surface area (Å²) in [6.45, 7) is 2.97. The Hall–Kier alpha value is -2.58. The lowest BCUT2D eigenvalue weighted by atomic mass is 10.1. The predicted octanol–water partition coefficient (Wildman–Crippen LogP) is 5.51. The van der Waals surface area contributed by atoms with Crippen LogP contribution < -0.4 is 14.4 Å². The maximum Gasteiger partial charge on any atom is 0.336 e. The van der Waals surface area contributed by atoms with Crippen LogP contribution in [0.1, 0.15) is 35.8 Å². The first kappa shape index (κ1) is 32.3. The van der Waals surface area contributed by atoms with E-state index in [1.54, 1.807) is 24.6 Å². The van der Waals surface area contributed by atoms with Gasteiger partial charge in [0.2, 0.25) is 0 Å². The second-order valence-electron chi connectivity index (χ2n) is 9.27. The number of methoxy groups -OCH3 is 1. The number of anilines is 1. The lowest BCUT2D eigenvalue weighted by molar-refractivity contribution is 0.0784. The molecule has 3 heterocycles. The highest BCUT2D eigenvalue weighted by Gasteiger charge is 2.30. The monoisotopic (exact) mass is 659 g/mol. The van der Waals surface area contributed by atoms with Crippen molar-refractivity contribution < 1.29 is 41.0 Å². The van der Waals surface area contributed by atoms with E-state index in [9.17, 15) is 17.8 Å². The fourth-order valence-corrected chi connectivity index (χ4v) is 7.28. The summed E-state index contributed by atoms with van der Waals surface area (Å²) in [5.74, 6) is 0.363. The number of pyridine rings is 1. The molecule has 16 heteroatoms. The molecule has 0 unspecified atom stereocenters. The van der Waals surface area contributed by atoms with Crippen molar-refractivity contribution in [3.8, 4) is 17.2 Å². The third-order valence-corrected chi connectivity index (χ3v) is 9.93. The lowest BCUT2D eigenvalue weighted by Gasteiger charge is -2.22. The Morgan fingerprint density at radius 1 is 1.19 bits per heavy atom. The number of sulfone groups is 1. The van der Waals surface area contributed by atoms with Gasteiger partial charge in [-0.1, -0.05) is 6.92 Å². The maximum absolute atomic E-state index is 13.7. The van der Waals surface area contributed by atoms with Gasteiger partial charge in [-0.05, 0) is 37.1 Å². The Bertz CT molecular complexity index is 1530. The number of hydrogen-bond donors (Lipinski definition) is 0. The molecule has 1 saturated heterocycles. The number of rotatable bonds is 13. The summed E-state index contributed by atoms with van der Waals surface area (Å²) >= 11 is 7.38. The van der Waals surface area contributed by atoms with Crippen LogP contribution in [0.15, 0.2) is 46.9 Å². The number of ether oxygens (including phenoxy) is 3. The van der Waals surface area contributed by atoms with E-state index in [0.29, 0.717) is 49.2 Å². The summed E-state index contributed by atoms with van der Waals surface area (Å²) < 4.78 is 64.3. The summed E-state index contributed by atoms with van der Waals surface area (Å²) in [5.41, 5.74) is 0.652. The molecule has 1 aliphatic heterocycles. The molecular formula is C26H31ClN3O9PS2. The predicted molar refractivity (Wildman–Crippen MR) is 158 cm³/mol. The second kappa shape index (κ2) is 14.3. The minimum absolute atomic E-state index is 0.0147. The third-order valence-electron chi connectivity index (χ3n) is 5.92. The lowest BCUT2D eigenvalue weighted by Crippen LogP contribution is -2.30. The summed E-state index contributed by atoms with van der Waals surface area (Å²) in [5, 5.41) is 1.88. The Kier molecular flexibility index (Phi) is 11.0. The summed E-state index contributed by atoms with van der Waals surface area (Å²) in [6.07, 6.45) is 3.35. The SMILES string of the molecule is CC[C@@H](COC)Oc1cc(Oc2ccc(S(C)(=O)=O)nc2)cc(C(=O)N(CCl)c2nc(CP3(=O)OCCCO3)cs2)c1. The normalized spacial score (nSPS) is 15.6. The van der Waals surface area contributed by atoms with E-state index < -0.39 is 23.3 Å².